The zero-order valence-corrected chi connectivity index (χ0v) is 12.9. The normalized spacial score (nSPS) is 12.0. The van der Waals surface area contributed by atoms with Gasteiger partial charge in [0.2, 0.25) is 0 Å². The Hall–Kier alpha value is -2.88. The molecule has 0 unspecified atom stereocenters. The van der Waals surface area contributed by atoms with Crippen LogP contribution >= 0.6 is 0 Å². The summed E-state index contributed by atoms with van der Waals surface area (Å²) in [5.41, 5.74) is 1.36. The van der Waals surface area contributed by atoms with Crippen LogP contribution in [0.5, 0.6) is 0 Å². The molecule has 1 heterocycles. The zero-order valence-electron chi connectivity index (χ0n) is 12.9. The molecule has 0 aliphatic heterocycles. The summed E-state index contributed by atoms with van der Waals surface area (Å²) in [6.07, 6.45) is 2.27. The van der Waals surface area contributed by atoms with E-state index in [1.165, 1.54) is 6.20 Å². The maximum Gasteiger partial charge on any atom is 0.255 e. The van der Waals surface area contributed by atoms with Crippen molar-refractivity contribution >= 4 is 16.7 Å². The molecule has 116 valence electrons. The van der Waals surface area contributed by atoms with Crippen molar-refractivity contribution in [3.8, 4) is 0 Å². The van der Waals surface area contributed by atoms with E-state index in [1.807, 2.05) is 43.3 Å². The van der Waals surface area contributed by atoms with Gasteiger partial charge in [-0.15, -0.1) is 0 Å². The second-order valence-electron chi connectivity index (χ2n) is 5.42. The fraction of sp³-hybridized carbons (Fsp3) is 0.158. The Morgan fingerprint density at radius 3 is 2.39 bits per heavy atom. The third kappa shape index (κ3) is 3.01. The largest absolute Gasteiger partial charge is 0.345 e. The Morgan fingerprint density at radius 1 is 1.04 bits per heavy atom. The Morgan fingerprint density at radius 2 is 1.70 bits per heavy atom. The molecule has 3 aromatic rings. The second kappa shape index (κ2) is 6.48. The molecule has 3 rings (SSSR count). The van der Waals surface area contributed by atoms with Gasteiger partial charge in [0, 0.05) is 17.0 Å². The highest BCUT2D eigenvalue weighted by molar-refractivity contribution is 6.06. The van der Waals surface area contributed by atoms with Crippen LogP contribution in [0.4, 0.5) is 0 Å². The Kier molecular flexibility index (Phi) is 4.24. The lowest BCUT2D eigenvalue weighted by atomic mass is 10.0. The first-order valence-electron chi connectivity index (χ1n) is 7.67. The lowest BCUT2D eigenvalue weighted by Gasteiger charge is -2.18. The number of aromatic amines is 1. The number of pyridine rings is 1. The van der Waals surface area contributed by atoms with Crippen LogP contribution in [0, 0.1) is 0 Å². The Labute approximate surface area is 134 Å². The second-order valence-corrected chi connectivity index (χ2v) is 5.42. The molecule has 1 atom stereocenters. The molecule has 0 saturated carbocycles. The number of hydrogen-bond donors (Lipinski definition) is 2. The summed E-state index contributed by atoms with van der Waals surface area (Å²) < 4.78 is 0. The van der Waals surface area contributed by atoms with E-state index in [-0.39, 0.29) is 17.5 Å². The van der Waals surface area contributed by atoms with Crippen molar-refractivity contribution in [2.24, 2.45) is 0 Å². The van der Waals surface area contributed by atoms with Crippen molar-refractivity contribution in [3.63, 3.8) is 0 Å². The molecule has 0 saturated heterocycles. The third-order valence-corrected chi connectivity index (χ3v) is 3.97. The van der Waals surface area contributed by atoms with Crippen LogP contribution in [0.1, 0.15) is 35.3 Å². The van der Waals surface area contributed by atoms with Crippen molar-refractivity contribution in [1.29, 1.82) is 0 Å². The van der Waals surface area contributed by atoms with Gasteiger partial charge in [-0.1, -0.05) is 55.5 Å². The summed E-state index contributed by atoms with van der Waals surface area (Å²) in [4.78, 5) is 27.2. The maximum atomic E-state index is 12.7. The molecule has 1 amide bonds. The van der Waals surface area contributed by atoms with Gasteiger partial charge in [0.05, 0.1) is 11.6 Å². The van der Waals surface area contributed by atoms with Crippen LogP contribution < -0.4 is 10.9 Å². The van der Waals surface area contributed by atoms with Gasteiger partial charge in [-0.2, -0.15) is 0 Å². The van der Waals surface area contributed by atoms with Crippen LogP contribution in [-0.4, -0.2) is 10.9 Å². The van der Waals surface area contributed by atoms with Crippen LogP contribution in [0.15, 0.2) is 65.6 Å². The van der Waals surface area contributed by atoms with Gasteiger partial charge in [0.15, 0.2) is 0 Å². The quantitative estimate of drug-likeness (QED) is 0.776. The molecule has 4 heteroatoms. The SMILES string of the molecule is CC[C@H](NC(=O)c1c[nH]c(=O)c2ccccc12)c1ccccc1. The molecule has 1 aromatic heterocycles. The summed E-state index contributed by atoms with van der Waals surface area (Å²) in [6, 6.07) is 16.9. The number of amides is 1. The number of benzene rings is 2. The number of fused-ring (bicyclic) bond motifs is 1. The van der Waals surface area contributed by atoms with Crippen LogP contribution in [0.3, 0.4) is 0 Å². The van der Waals surface area contributed by atoms with Crippen LogP contribution in [0.2, 0.25) is 0 Å². The molecule has 0 fully saturated rings. The molecule has 4 nitrogen and oxygen atoms in total. The van der Waals surface area contributed by atoms with Crippen molar-refractivity contribution < 1.29 is 4.79 Å². The van der Waals surface area contributed by atoms with Gasteiger partial charge >= 0.3 is 0 Å². The first-order chi connectivity index (χ1) is 11.2. The number of carbonyl (C=O) groups is 1. The molecule has 0 aliphatic carbocycles. The predicted molar refractivity (Wildman–Crippen MR) is 91.5 cm³/mol. The number of hydrogen-bond acceptors (Lipinski definition) is 2. The Balaban J connectivity index is 1.95. The first kappa shape index (κ1) is 15.0. The number of aromatic nitrogens is 1. The topological polar surface area (TPSA) is 62.0 Å². The molecule has 0 spiro atoms. The predicted octanol–water partition coefficient (Wildman–Crippen LogP) is 3.41. The molecule has 0 radical (unpaired) electrons. The summed E-state index contributed by atoms with van der Waals surface area (Å²) in [6.45, 7) is 2.03. The maximum absolute atomic E-state index is 12.7. The molecule has 2 aromatic carbocycles. The van der Waals surface area contributed by atoms with Gasteiger partial charge in [0.1, 0.15) is 0 Å². The van der Waals surface area contributed by atoms with Gasteiger partial charge in [-0.25, -0.2) is 0 Å². The number of nitrogens with one attached hydrogen (secondary N) is 2. The third-order valence-electron chi connectivity index (χ3n) is 3.97. The number of rotatable bonds is 4. The van der Waals surface area contributed by atoms with Crippen molar-refractivity contribution in [3.05, 3.63) is 82.3 Å². The fourth-order valence-electron chi connectivity index (χ4n) is 2.74. The zero-order chi connectivity index (χ0) is 16.2. The summed E-state index contributed by atoms with van der Waals surface area (Å²) in [5.74, 6) is -0.187. The first-order valence-corrected chi connectivity index (χ1v) is 7.67. The van der Waals surface area contributed by atoms with E-state index in [0.717, 1.165) is 12.0 Å². The molecule has 0 aliphatic rings. The highest BCUT2D eigenvalue weighted by Gasteiger charge is 2.16. The van der Waals surface area contributed by atoms with Gasteiger partial charge in [-0.3, -0.25) is 9.59 Å². The van der Waals surface area contributed by atoms with Gasteiger partial charge in [-0.05, 0) is 18.1 Å². The van der Waals surface area contributed by atoms with E-state index in [2.05, 4.69) is 10.3 Å². The number of carbonyl (C=O) groups excluding carboxylic acids is 1. The van der Waals surface area contributed by atoms with E-state index in [1.54, 1.807) is 18.2 Å². The van der Waals surface area contributed by atoms with Crippen molar-refractivity contribution in [2.75, 3.05) is 0 Å². The molecule has 0 bridgehead atoms. The van der Waals surface area contributed by atoms with E-state index in [0.29, 0.717) is 16.3 Å². The minimum absolute atomic E-state index is 0.0607. The van der Waals surface area contributed by atoms with Crippen molar-refractivity contribution in [1.82, 2.24) is 10.3 Å². The van der Waals surface area contributed by atoms with E-state index in [4.69, 9.17) is 0 Å². The van der Waals surface area contributed by atoms with Crippen LogP contribution in [0.25, 0.3) is 10.8 Å². The average Bonchev–Trinajstić information content (AvgIpc) is 2.61. The Bertz CT molecular complexity index is 885. The highest BCUT2D eigenvalue weighted by Crippen LogP contribution is 2.19. The molecule has 23 heavy (non-hydrogen) atoms. The number of H-pyrrole nitrogens is 1. The van der Waals surface area contributed by atoms with Crippen LogP contribution in [-0.2, 0) is 0 Å². The molecular formula is C19H18N2O2. The van der Waals surface area contributed by atoms with Gasteiger partial charge in [0.25, 0.3) is 11.5 Å². The fourth-order valence-corrected chi connectivity index (χ4v) is 2.74. The smallest absolute Gasteiger partial charge is 0.255 e. The standard InChI is InChI=1S/C19H18N2O2/c1-2-17(13-8-4-3-5-9-13)21-19(23)16-12-20-18(22)15-11-7-6-10-14(15)16/h3-12,17H,2H2,1H3,(H,20,22)(H,21,23)/t17-/m0/s1. The minimum atomic E-state index is -0.188. The lowest BCUT2D eigenvalue weighted by molar-refractivity contribution is 0.0937. The highest BCUT2D eigenvalue weighted by atomic mass is 16.2. The van der Waals surface area contributed by atoms with Crippen molar-refractivity contribution in [2.45, 2.75) is 19.4 Å². The monoisotopic (exact) mass is 306 g/mol. The molecule has 2 N–H and O–H groups in total. The van der Waals surface area contributed by atoms with Gasteiger partial charge < -0.3 is 10.3 Å². The summed E-state index contributed by atoms with van der Waals surface area (Å²) in [7, 11) is 0. The van der Waals surface area contributed by atoms with E-state index >= 15 is 0 Å². The minimum Gasteiger partial charge on any atom is -0.345 e. The summed E-state index contributed by atoms with van der Waals surface area (Å²) >= 11 is 0. The summed E-state index contributed by atoms with van der Waals surface area (Å²) in [5, 5.41) is 4.23. The average molecular weight is 306 g/mol. The van der Waals surface area contributed by atoms with E-state index in [9.17, 15) is 9.59 Å². The molecular weight excluding hydrogens is 288 g/mol. The van der Waals surface area contributed by atoms with E-state index < -0.39 is 0 Å². The lowest BCUT2D eigenvalue weighted by Crippen LogP contribution is -2.29.